The van der Waals surface area contributed by atoms with Crippen LogP contribution >= 0.6 is 0 Å². The van der Waals surface area contributed by atoms with Crippen molar-refractivity contribution in [2.24, 2.45) is 5.73 Å². The van der Waals surface area contributed by atoms with Gasteiger partial charge in [0.2, 0.25) is 0 Å². The number of methoxy groups -OCH3 is 1. The van der Waals surface area contributed by atoms with Crippen molar-refractivity contribution in [3.05, 3.63) is 29.6 Å². The monoisotopic (exact) mass is 241 g/mol. The third-order valence-electron chi connectivity index (χ3n) is 3.39. The normalized spacial score (nSPS) is 29.1. The molecule has 0 bridgehead atoms. The standard InChI is InChI=1S/C13H17F2NO/c1-17-10-4-5-11(12(14)7-10)13(15)6-2-3-9(16)8-13/h4-5,7,9H,2-3,6,8,16H2,1H3. The lowest BCUT2D eigenvalue weighted by Gasteiger charge is -2.33. The molecule has 2 unspecified atom stereocenters. The quantitative estimate of drug-likeness (QED) is 0.864. The molecular weight excluding hydrogens is 224 g/mol. The van der Waals surface area contributed by atoms with Crippen LogP contribution in [-0.2, 0) is 5.67 Å². The van der Waals surface area contributed by atoms with Crippen molar-refractivity contribution < 1.29 is 13.5 Å². The molecule has 1 aliphatic rings. The molecule has 0 saturated heterocycles. The van der Waals surface area contributed by atoms with Gasteiger partial charge in [0.25, 0.3) is 0 Å². The number of alkyl halides is 1. The molecule has 2 rings (SSSR count). The van der Waals surface area contributed by atoms with E-state index in [-0.39, 0.29) is 18.0 Å². The predicted octanol–water partition coefficient (Wildman–Crippen LogP) is 2.90. The molecule has 1 aromatic carbocycles. The number of nitrogens with two attached hydrogens (primary N) is 1. The third-order valence-corrected chi connectivity index (χ3v) is 3.39. The average molecular weight is 241 g/mol. The van der Waals surface area contributed by atoms with E-state index < -0.39 is 11.5 Å². The Morgan fingerprint density at radius 3 is 2.82 bits per heavy atom. The summed E-state index contributed by atoms with van der Waals surface area (Å²) in [5.74, 6) is -0.157. The molecule has 2 N–H and O–H groups in total. The van der Waals surface area contributed by atoms with E-state index in [1.54, 1.807) is 6.07 Å². The second-order valence-corrected chi connectivity index (χ2v) is 4.67. The highest BCUT2D eigenvalue weighted by Gasteiger charge is 2.38. The molecule has 1 saturated carbocycles. The Bertz CT molecular complexity index is 410. The molecule has 4 heteroatoms. The minimum atomic E-state index is -1.63. The van der Waals surface area contributed by atoms with Crippen molar-refractivity contribution in [3.8, 4) is 5.75 Å². The van der Waals surface area contributed by atoms with Gasteiger partial charge in [-0.2, -0.15) is 0 Å². The first-order valence-corrected chi connectivity index (χ1v) is 5.84. The summed E-state index contributed by atoms with van der Waals surface area (Å²) in [7, 11) is 1.45. The average Bonchev–Trinajstić information content (AvgIpc) is 2.28. The van der Waals surface area contributed by atoms with Gasteiger partial charge in [-0.25, -0.2) is 8.78 Å². The van der Waals surface area contributed by atoms with Gasteiger partial charge in [-0.1, -0.05) is 0 Å². The van der Waals surface area contributed by atoms with E-state index in [1.807, 2.05) is 0 Å². The van der Waals surface area contributed by atoms with E-state index in [4.69, 9.17) is 10.5 Å². The van der Waals surface area contributed by atoms with Crippen LogP contribution < -0.4 is 10.5 Å². The van der Waals surface area contributed by atoms with Gasteiger partial charge in [-0.05, 0) is 31.4 Å². The van der Waals surface area contributed by atoms with Gasteiger partial charge in [0.1, 0.15) is 17.2 Å². The van der Waals surface area contributed by atoms with E-state index in [2.05, 4.69) is 0 Å². The van der Waals surface area contributed by atoms with Gasteiger partial charge < -0.3 is 10.5 Å². The Hall–Kier alpha value is -1.16. The van der Waals surface area contributed by atoms with Crippen molar-refractivity contribution >= 4 is 0 Å². The molecule has 1 aliphatic carbocycles. The van der Waals surface area contributed by atoms with Crippen LogP contribution in [0.25, 0.3) is 0 Å². The van der Waals surface area contributed by atoms with Crippen molar-refractivity contribution in [3.63, 3.8) is 0 Å². The Balaban J connectivity index is 2.32. The first-order valence-electron chi connectivity index (χ1n) is 5.84. The SMILES string of the molecule is COc1ccc(C2(F)CCCC(N)C2)c(F)c1. The minimum absolute atomic E-state index is 0.105. The summed E-state index contributed by atoms with van der Waals surface area (Å²) in [6.45, 7) is 0. The molecule has 0 amide bonds. The molecule has 0 spiro atoms. The first-order chi connectivity index (χ1) is 8.05. The van der Waals surface area contributed by atoms with Crippen LogP contribution in [0.1, 0.15) is 31.2 Å². The second-order valence-electron chi connectivity index (χ2n) is 4.67. The topological polar surface area (TPSA) is 35.2 Å². The van der Waals surface area contributed by atoms with E-state index in [0.29, 0.717) is 18.6 Å². The molecule has 17 heavy (non-hydrogen) atoms. The van der Waals surface area contributed by atoms with Crippen LogP contribution in [0.4, 0.5) is 8.78 Å². The van der Waals surface area contributed by atoms with E-state index >= 15 is 0 Å². The molecule has 2 atom stereocenters. The van der Waals surface area contributed by atoms with Gasteiger partial charge in [0, 0.05) is 24.1 Å². The molecule has 0 aromatic heterocycles. The number of hydrogen-bond acceptors (Lipinski definition) is 2. The highest BCUT2D eigenvalue weighted by molar-refractivity contribution is 5.33. The van der Waals surface area contributed by atoms with Gasteiger partial charge in [-0.3, -0.25) is 0 Å². The molecule has 94 valence electrons. The summed E-state index contributed by atoms with van der Waals surface area (Å²) in [5.41, 5.74) is 4.24. The Morgan fingerprint density at radius 2 is 2.24 bits per heavy atom. The lowest BCUT2D eigenvalue weighted by Crippen LogP contribution is -2.36. The highest BCUT2D eigenvalue weighted by Crippen LogP contribution is 2.41. The number of halogens is 2. The Kier molecular flexibility index (Phi) is 3.33. The van der Waals surface area contributed by atoms with Crippen molar-refractivity contribution in [1.82, 2.24) is 0 Å². The molecule has 0 heterocycles. The van der Waals surface area contributed by atoms with Crippen molar-refractivity contribution in [2.75, 3.05) is 7.11 Å². The summed E-state index contributed by atoms with van der Waals surface area (Å²) in [5, 5.41) is 0. The number of ether oxygens (including phenoxy) is 1. The Labute approximate surface area is 99.8 Å². The van der Waals surface area contributed by atoms with Crippen LogP contribution in [-0.4, -0.2) is 13.2 Å². The van der Waals surface area contributed by atoms with Crippen LogP contribution in [0.2, 0.25) is 0 Å². The molecule has 0 radical (unpaired) electrons. The summed E-state index contributed by atoms with van der Waals surface area (Å²) < 4.78 is 33.4. The fraction of sp³-hybridized carbons (Fsp3) is 0.538. The summed E-state index contributed by atoms with van der Waals surface area (Å²) in [6, 6.07) is 4.08. The molecule has 1 fully saturated rings. The summed E-state index contributed by atoms with van der Waals surface area (Å²) in [6.07, 6.45) is 2.03. The lowest BCUT2D eigenvalue weighted by atomic mass is 9.79. The van der Waals surface area contributed by atoms with Gasteiger partial charge >= 0.3 is 0 Å². The van der Waals surface area contributed by atoms with E-state index in [1.165, 1.54) is 19.2 Å². The largest absolute Gasteiger partial charge is 0.497 e. The smallest absolute Gasteiger partial charge is 0.140 e. The molecular formula is C13H17F2NO. The fourth-order valence-electron chi connectivity index (χ4n) is 2.49. The maximum absolute atomic E-state index is 14.7. The maximum atomic E-state index is 14.7. The van der Waals surface area contributed by atoms with Crippen molar-refractivity contribution in [1.29, 1.82) is 0 Å². The zero-order chi connectivity index (χ0) is 12.5. The van der Waals surface area contributed by atoms with Gasteiger partial charge in [0.15, 0.2) is 0 Å². The van der Waals surface area contributed by atoms with E-state index in [9.17, 15) is 8.78 Å². The lowest BCUT2D eigenvalue weighted by molar-refractivity contribution is 0.0903. The summed E-state index contributed by atoms with van der Waals surface area (Å²) in [4.78, 5) is 0. The zero-order valence-corrected chi connectivity index (χ0v) is 9.88. The molecule has 2 nitrogen and oxygen atoms in total. The van der Waals surface area contributed by atoms with Crippen LogP contribution in [0.15, 0.2) is 18.2 Å². The van der Waals surface area contributed by atoms with Crippen LogP contribution in [0, 0.1) is 5.82 Å². The fourth-order valence-corrected chi connectivity index (χ4v) is 2.49. The first kappa shape index (κ1) is 12.3. The Morgan fingerprint density at radius 1 is 1.47 bits per heavy atom. The van der Waals surface area contributed by atoms with Gasteiger partial charge in [-0.15, -0.1) is 0 Å². The van der Waals surface area contributed by atoms with Crippen LogP contribution in [0.5, 0.6) is 5.75 Å². The maximum Gasteiger partial charge on any atom is 0.140 e. The van der Waals surface area contributed by atoms with Crippen molar-refractivity contribution in [2.45, 2.75) is 37.4 Å². The number of benzene rings is 1. The zero-order valence-electron chi connectivity index (χ0n) is 9.88. The van der Waals surface area contributed by atoms with E-state index in [0.717, 1.165) is 6.42 Å². The summed E-state index contributed by atoms with van der Waals surface area (Å²) >= 11 is 0. The molecule has 1 aromatic rings. The molecule has 0 aliphatic heterocycles. The third kappa shape index (κ3) is 2.41. The highest BCUT2D eigenvalue weighted by atomic mass is 19.1. The van der Waals surface area contributed by atoms with Gasteiger partial charge in [0.05, 0.1) is 7.11 Å². The second kappa shape index (κ2) is 4.61. The number of hydrogen-bond donors (Lipinski definition) is 1. The predicted molar refractivity (Wildman–Crippen MR) is 62.2 cm³/mol. The number of rotatable bonds is 2. The minimum Gasteiger partial charge on any atom is -0.497 e. The van der Waals surface area contributed by atoms with Crippen LogP contribution in [0.3, 0.4) is 0 Å².